The van der Waals surface area contributed by atoms with Gasteiger partial charge in [-0.15, -0.1) is 11.3 Å². The molecule has 1 unspecified atom stereocenters. The van der Waals surface area contributed by atoms with Crippen LogP contribution in [0.2, 0.25) is 0 Å². The zero-order valence-corrected chi connectivity index (χ0v) is 13.0. The van der Waals surface area contributed by atoms with Crippen molar-refractivity contribution in [1.29, 1.82) is 0 Å². The fraction of sp³-hybridized carbons (Fsp3) is 0.438. The van der Waals surface area contributed by atoms with Crippen molar-refractivity contribution in [1.82, 2.24) is 10.3 Å². The van der Waals surface area contributed by atoms with Crippen LogP contribution in [0.1, 0.15) is 46.8 Å². The number of aromatic nitrogens is 1. The fourth-order valence-electron chi connectivity index (χ4n) is 2.25. The Morgan fingerprint density at radius 3 is 2.68 bits per heavy atom. The average Bonchev–Trinajstić information content (AvgIpc) is 2.80. The van der Waals surface area contributed by atoms with Crippen LogP contribution in [0.5, 0.6) is 0 Å². The molecule has 0 bridgehead atoms. The van der Waals surface area contributed by atoms with E-state index in [2.05, 4.69) is 61.6 Å². The van der Waals surface area contributed by atoms with Gasteiger partial charge in [-0.2, -0.15) is 0 Å². The SMILES string of the molecule is CCCNC(c1csc(C)n1)c1cc(C)ccc1C. The maximum atomic E-state index is 4.67. The van der Waals surface area contributed by atoms with Crippen LogP contribution in [-0.2, 0) is 0 Å². The monoisotopic (exact) mass is 274 g/mol. The largest absolute Gasteiger partial charge is 0.305 e. The standard InChI is InChI=1S/C16H22N2S/c1-5-8-17-16(15-10-19-13(4)18-15)14-9-11(2)6-7-12(14)3/h6-7,9-10,16-17H,5,8H2,1-4H3. The number of rotatable bonds is 5. The summed E-state index contributed by atoms with van der Waals surface area (Å²) in [5.74, 6) is 0. The second kappa shape index (κ2) is 6.31. The smallest absolute Gasteiger partial charge is 0.0898 e. The zero-order chi connectivity index (χ0) is 13.8. The Morgan fingerprint density at radius 1 is 1.26 bits per heavy atom. The van der Waals surface area contributed by atoms with E-state index in [1.807, 2.05) is 0 Å². The van der Waals surface area contributed by atoms with Crippen LogP contribution in [-0.4, -0.2) is 11.5 Å². The van der Waals surface area contributed by atoms with Crippen molar-refractivity contribution in [3.05, 3.63) is 51.0 Å². The van der Waals surface area contributed by atoms with E-state index in [0.717, 1.165) is 23.7 Å². The maximum absolute atomic E-state index is 4.67. The molecule has 0 amide bonds. The predicted octanol–water partition coefficient (Wildman–Crippen LogP) is 4.16. The molecule has 2 rings (SSSR count). The number of aryl methyl sites for hydroxylation is 3. The molecular formula is C16H22N2S. The second-order valence-corrected chi connectivity index (χ2v) is 6.10. The maximum Gasteiger partial charge on any atom is 0.0898 e. The van der Waals surface area contributed by atoms with Gasteiger partial charge in [0.1, 0.15) is 0 Å². The second-order valence-electron chi connectivity index (χ2n) is 5.04. The molecule has 3 heteroatoms. The quantitative estimate of drug-likeness (QED) is 0.885. The van der Waals surface area contributed by atoms with Gasteiger partial charge in [0.15, 0.2) is 0 Å². The van der Waals surface area contributed by atoms with E-state index in [0.29, 0.717) is 0 Å². The Bertz CT molecular complexity index is 545. The first-order chi connectivity index (χ1) is 9.11. The van der Waals surface area contributed by atoms with Gasteiger partial charge in [0, 0.05) is 5.38 Å². The zero-order valence-electron chi connectivity index (χ0n) is 12.2. The first-order valence-electron chi connectivity index (χ1n) is 6.84. The Kier molecular flexibility index (Phi) is 4.72. The molecule has 1 aromatic carbocycles. The van der Waals surface area contributed by atoms with Crippen molar-refractivity contribution in [3.63, 3.8) is 0 Å². The molecule has 2 aromatic rings. The number of nitrogens with zero attached hydrogens (tertiary/aromatic N) is 1. The average molecular weight is 274 g/mol. The summed E-state index contributed by atoms with van der Waals surface area (Å²) in [6, 6.07) is 6.86. The fourth-order valence-corrected chi connectivity index (χ4v) is 2.88. The van der Waals surface area contributed by atoms with E-state index in [1.165, 1.54) is 16.7 Å². The minimum absolute atomic E-state index is 0.213. The lowest BCUT2D eigenvalue weighted by Crippen LogP contribution is -2.24. The molecule has 1 heterocycles. The van der Waals surface area contributed by atoms with Crippen LogP contribution < -0.4 is 5.32 Å². The van der Waals surface area contributed by atoms with Gasteiger partial charge in [-0.25, -0.2) is 4.98 Å². The molecule has 0 aliphatic heterocycles. The summed E-state index contributed by atoms with van der Waals surface area (Å²) >= 11 is 1.72. The normalized spacial score (nSPS) is 12.6. The van der Waals surface area contributed by atoms with Crippen LogP contribution in [0.3, 0.4) is 0 Å². The molecule has 0 spiro atoms. The van der Waals surface area contributed by atoms with Gasteiger partial charge >= 0.3 is 0 Å². The predicted molar refractivity (Wildman–Crippen MR) is 82.9 cm³/mol. The molecule has 0 saturated carbocycles. The molecule has 0 aliphatic rings. The van der Waals surface area contributed by atoms with Crippen molar-refractivity contribution in [3.8, 4) is 0 Å². The third kappa shape index (κ3) is 3.43. The molecule has 0 aliphatic carbocycles. The van der Waals surface area contributed by atoms with Crippen LogP contribution in [0.25, 0.3) is 0 Å². The van der Waals surface area contributed by atoms with Gasteiger partial charge in [-0.1, -0.05) is 30.7 Å². The highest BCUT2D eigenvalue weighted by atomic mass is 32.1. The van der Waals surface area contributed by atoms with Crippen molar-refractivity contribution < 1.29 is 0 Å². The third-order valence-electron chi connectivity index (χ3n) is 3.28. The Balaban J connectivity index is 2.39. The summed E-state index contributed by atoms with van der Waals surface area (Å²) in [5, 5.41) is 6.93. The van der Waals surface area contributed by atoms with Crippen molar-refractivity contribution >= 4 is 11.3 Å². The van der Waals surface area contributed by atoms with E-state index in [1.54, 1.807) is 11.3 Å². The van der Waals surface area contributed by atoms with Gasteiger partial charge in [0.2, 0.25) is 0 Å². The minimum Gasteiger partial charge on any atom is -0.305 e. The Hall–Kier alpha value is -1.19. The molecule has 1 N–H and O–H groups in total. The molecule has 0 radical (unpaired) electrons. The van der Waals surface area contributed by atoms with Gasteiger partial charge in [-0.3, -0.25) is 0 Å². The highest BCUT2D eigenvalue weighted by Gasteiger charge is 2.18. The number of thiazole rings is 1. The molecule has 102 valence electrons. The van der Waals surface area contributed by atoms with Gasteiger partial charge in [0.25, 0.3) is 0 Å². The topological polar surface area (TPSA) is 24.9 Å². The van der Waals surface area contributed by atoms with Crippen LogP contribution in [0.15, 0.2) is 23.6 Å². The van der Waals surface area contributed by atoms with Gasteiger partial charge in [-0.05, 0) is 44.9 Å². The van der Waals surface area contributed by atoms with Crippen LogP contribution in [0.4, 0.5) is 0 Å². The highest BCUT2D eigenvalue weighted by molar-refractivity contribution is 7.09. The van der Waals surface area contributed by atoms with Gasteiger partial charge in [0.05, 0.1) is 16.7 Å². The van der Waals surface area contributed by atoms with Crippen molar-refractivity contribution in [2.24, 2.45) is 0 Å². The van der Waals surface area contributed by atoms with E-state index < -0.39 is 0 Å². The molecule has 2 nitrogen and oxygen atoms in total. The van der Waals surface area contributed by atoms with Crippen molar-refractivity contribution in [2.75, 3.05) is 6.54 Å². The Labute approximate surface area is 119 Å². The number of benzene rings is 1. The summed E-state index contributed by atoms with van der Waals surface area (Å²) in [4.78, 5) is 4.67. The van der Waals surface area contributed by atoms with E-state index >= 15 is 0 Å². The summed E-state index contributed by atoms with van der Waals surface area (Å²) in [6.45, 7) is 9.59. The highest BCUT2D eigenvalue weighted by Crippen LogP contribution is 2.26. The van der Waals surface area contributed by atoms with Crippen LogP contribution in [0, 0.1) is 20.8 Å². The van der Waals surface area contributed by atoms with E-state index in [-0.39, 0.29) is 6.04 Å². The molecule has 0 fully saturated rings. The summed E-state index contributed by atoms with van der Waals surface area (Å²) in [7, 11) is 0. The summed E-state index contributed by atoms with van der Waals surface area (Å²) in [6.07, 6.45) is 1.13. The minimum atomic E-state index is 0.213. The van der Waals surface area contributed by atoms with Crippen LogP contribution >= 0.6 is 11.3 Å². The van der Waals surface area contributed by atoms with E-state index in [4.69, 9.17) is 0 Å². The molecular weight excluding hydrogens is 252 g/mol. The summed E-state index contributed by atoms with van der Waals surface area (Å²) < 4.78 is 0. The lowest BCUT2D eigenvalue weighted by atomic mass is 9.97. The lowest BCUT2D eigenvalue weighted by Gasteiger charge is -2.20. The Morgan fingerprint density at radius 2 is 2.05 bits per heavy atom. The number of nitrogens with one attached hydrogen (secondary N) is 1. The van der Waals surface area contributed by atoms with Crippen molar-refractivity contribution in [2.45, 2.75) is 40.2 Å². The van der Waals surface area contributed by atoms with E-state index in [9.17, 15) is 0 Å². The molecule has 1 atom stereocenters. The lowest BCUT2D eigenvalue weighted by molar-refractivity contribution is 0.586. The first-order valence-corrected chi connectivity index (χ1v) is 7.72. The number of hydrogen-bond acceptors (Lipinski definition) is 3. The molecule has 0 saturated heterocycles. The first kappa shape index (κ1) is 14.2. The molecule has 1 aromatic heterocycles. The number of hydrogen-bond donors (Lipinski definition) is 1. The third-order valence-corrected chi connectivity index (χ3v) is 4.07. The molecule has 19 heavy (non-hydrogen) atoms. The van der Waals surface area contributed by atoms with Gasteiger partial charge < -0.3 is 5.32 Å². The summed E-state index contributed by atoms with van der Waals surface area (Å²) in [5.41, 5.74) is 5.11.